The normalized spacial score (nSPS) is 47.9. The van der Waals surface area contributed by atoms with Gasteiger partial charge in [0.2, 0.25) is 0 Å². The Morgan fingerprint density at radius 3 is 2.38 bits per heavy atom. The number of aliphatic hydroxyl groups excluding tert-OH is 3. The van der Waals surface area contributed by atoms with Crippen molar-refractivity contribution >= 4 is 0 Å². The predicted octanol–water partition coefficient (Wildman–Crippen LogP) is 5.97. The van der Waals surface area contributed by atoms with E-state index in [0.29, 0.717) is 23.7 Å². The number of hydrogen-bond donors (Lipinski definition) is 3. The fourth-order valence-corrected chi connectivity index (χ4v) is 9.38. The summed E-state index contributed by atoms with van der Waals surface area (Å²) in [6.45, 7) is 14.2. The van der Waals surface area contributed by atoms with Crippen LogP contribution in [0.4, 0.5) is 0 Å². The van der Waals surface area contributed by atoms with Crippen LogP contribution < -0.4 is 0 Å². The summed E-state index contributed by atoms with van der Waals surface area (Å²) in [5.74, 6) is 3.51. The maximum absolute atomic E-state index is 11.4. The molecule has 3 heteroatoms. The molecular formula is C29H50O3. The van der Waals surface area contributed by atoms with E-state index in [9.17, 15) is 15.3 Å². The highest BCUT2D eigenvalue weighted by atomic mass is 16.3. The van der Waals surface area contributed by atoms with Crippen LogP contribution in [0.2, 0.25) is 0 Å². The van der Waals surface area contributed by atoms with Crippen molar-refractivity contribution in [1.29, 1.82) is 0 Å². The van der Waals surface area contributed by atoms with E-state index in [2.05, 4.69) is 47.6 Å². The summed E-state index contributed by atoms with van der Waals surface area (Å²) in [5, 5.41) is 33.0. The molecule has 4 rings (SSSR count). The monoisotopic (exact) mass is 446 g/mol. The first-order chi connectivity index (χ1) is 15.0. The van der Waals surface area contributed by atoms with Gasteiger partial charge in [-0.3, -0.25) is 0 Å². The number of rotatable bonds is 6. The molecule has 0 amide bonds. The summed E-state index contributed by atoms with van der Waals surface area (Å²) >= 11 is 0. The topological polar surface area (TPSA) is 60.7 Å². The van der Waals surface area contributed by atoms with Crippen LogP contribution in [0, 0.1) is 52.3 Å². The zero-order valence-corrected chi connectivity index (χ0v) is 21.6. The smallest absolute Gasteiger partial charge is 0.0757 e. The van der Waals surface area contributed by atoms with Crippen molar-refractivity contribution in [2.75, 3.05) is 0 Å². The van der Waals surface area contributed by atoms with Gasteiger partial charge in [-0.05, 0) is 97.2 Å². The van der Waals surface area contributed by atoms with E-state index < -0.39 is 6.10 Å². The minimum Gasteiger partial charge on any atom is -0.393 e. The SMILES string of the molecule is CC[C@H](CC[C@@H](C)[C@H]1[C@H](O)C[C@H]2[C@@H]3[C@H](O)C=C4C[C@H](O)CC[C@]4(C)[C@H]3CC[C@]12C)C(C)C. The predicted molar refractivity (Wildman–Crippen MR) is 131 cm³/mol. The van der Waals surface area contributed by atoms with E-state index in [0.717, 1.165) is 43.9 Å². The lowest BCUT2D eigenvalue weighted by Gasteiger charge is -2.59. The van der Waals surface area contributed by atoms with Crippen LogP contribution in [0.1, 0.15) is 99.3 Å². The molecule has 0 unspecified atom stereocenters. The molecule has 4 aliphatic rings. The summed E-state index contributed by atoms with van der Waals surface area (Å²) in [7, 11) is 0. The van der Waals surface area contributed by atoms with Crippen molar-refractivity contribution in [3.63, 3.8) is 0 Å². The lowest BCUT2D eigenvalue weighted by atomic mass is 9.46. The molecule has 0 spiro atoms. The molecule has 0 saturated heterocycles. The summed E-state index contributed by atoms with van der Waals surface area (Å²) < 4.78 is 0. The summed E-state index contributed by atoms with van der Waals surface area (Å²) in [6.07, 6.45) is 10.7. The molecule has 3 N–H and O–H groups in total. The Morgan fingerprint density at radius 2 is 1.72 bits per heavy atom. The molecule has 32 heavy (non-hydrogen) atoms. The maximum atomic E-state index is 11.4. The van der Waals surface area contributed by atoms with E-state index in [-0.39, 0.29) is 29.0 Å². The zero-order valence-electron chi connectivity index (χ0n) is 21.6. The lowest BCUT2D eigenvalue weighted by molar-refractivity contribution is -0.0989. The van der Waals surface area contributed by atoms with E-state index in [1.54, 1.807) is 0 Å². The van der Waals surface area contributed by atoms with Crippen molar-refractivity contribution < 1.29 is 15.3 Å². The molecule has 0 aromatic carbocycles. The quantitative estimate of drug-likeness (QED) is 0.441. The number of fused-ring (bicyclic) bond motifs is 5. The molecule has 4 aliphatic carbocycles. The third kappa shape index (κ3) is 3.93. The fraction of sp³-hybridized carbons (Fsp3) is 0.931. The molecule has 0 aliphatic heterocycles. The second-order valence-corrected chi connectivity index (χ2v) is 13.1. The van der Waals surface area contributed by atoms with Crippen molar-refractivity contribution in [3.8, 4) is 0 Å². The van der Waals surface area contributed by atoms with Gasteiger partial charge in [0.1, 0.15) is 0 Å². The largest absolute Gasteiger partial charge is 0.393 e. The molecule has 0 radical (unpaired) electrons. The van der Waals surface area contributed by atoms with Gasteiger partial charge in [-0.25, -0.2) is 0 Å². The molecule has 0 bridgehead atoms. The van der Waals surface area contributed by atoms with Gasteiger partial charge in [0, 0.05) is 0 Å². The van der Waals surface area contributed by atoms with Crippen LogP contribution >= 0.6 is 0 Å². The van der Waals surface area contributed by atoms with Gasteiger partial charge in [0.05, 0.1) is 18.3 Å². The van der Waals surface area contributed by atoms with Crippen molar-refractivity contribution in [1.82, 2.24) is 0 Å². The van der Waals surface area contributed by atoms with E-state index in [1.807, 2.05) is 0 Å². The van der Waals surface area contributed by atoms with Crippen LogP contribution in [0.3, 0.4) is 0 Å². The van der Waals surface area contributed by atoms with Gasteiger partial charge < -0.3 is 15.3 Å². The van der Waals surface area contributed by atoms with Gasteiger partial charge in [-0.1, -0.05) is 66.0 Å². The highest BCUT2D eigenvalue weighted by Crippen LogP contribution is 2.67. The second-order valence-electron chi connectivity index (χ2n) is 13.1. The molecule has 3 saturated carbocycles. The second kappa shape index (κ2) is 9.00. The Hall–Kier alpha value is -0.380. The summed E-state index contributed by atoms with van der Waals surface area (Å²) in [4.78, 5) is 0. The molecule has 3 nitrogen and oxygen atoms in total. The summed E-state index contributed by atoms with van der Waals surface area (Å²) in [6, 6.07) is 0. The van der Waals surface area contributed by atoms with Crippen molar-refractivity contribution in [2.45, 2.75) is 118 Å². The fourth-order valence-electron chi connectivity index (χ4n) is 9.38. The van der Waals surface area contributed by atoms with Crippen LogP contribution in [0.25, 0.3) is 0 Å². The molecular weight excluding hydrogens is 396 g/mol. The van der Waals surface area contributed by atoms with Crippen molar-refractivity contribution in [2.24, 2.45) is 52.3 Å². The first-order valence-electron chi connectivity index (χ1n) is 13.8. The van der Waals surface area contributed by atoms with Gasteiger partial charge in [-0.15, -0.1) is 0 Å². The summed E-state index contributed by atoms with van der Waals surface area (Å²) in [5.41, 5.74) is 1.54. The highest BCUT2D eigenvalue weighted by Gasteiger charge is 2.63. The Labute approximate surface area is 197 Å². The molecule has 0 aromatic rings. The average Bonchev–Trinajstić information content (AvgIpc) is 2.99. The minimum absolute atomic E-state index is 0.116. The minimum atomic E-state index is -0.426. The molecule has 184 valence electrons. The van der Waals surface area contributed by atoms with Crippen molar-refractivity contribution in [3.05, 3.63) is 11.6 Å². The number of hydrogen-bond acceptors (Lipinski definition) is 3. The van der Waals surface area contributed by atoms with Crippen LogP contribution in [-0.4, -0.2) is 33.6 Å². The standard InChI is InChI=1S/C29H50O3/c1-7-19(17(2)3)9-8-18(4)27-25(32)16-23-26-22(11-13-29(23,27)6)28(5)12-10-21(30)14-20(28)15-24(26)31/h15,17-19,21-27,30-32H,7-14,16H2,1-6H3/t18-,19-,21-,22+,23+,24-,25-,26-,27+,28+,29+/m1/s1. The molecule has 0 aromatic heterocycles. The third-order valence-corrected chi connectivity index (χ3v) is 11.3. The van der Waals surface area contributed by atoms with Crippen LogP contribution in [-0.2, 0) is 0 Å². The van der Waals surface area contributed by atoms with Crippen LogP contribution in [0.15, 0.2) is 11.6 Å². The zero-order chi connectivity index (χ0) is 23.4. The first-order valence-corrected chi connectivity index (χ1v) is 13.8. The van der Waals surface area contributed by atoms with Gasteiger partial charge in [0.15, 0.2) is 0 Å². The van der Waals surface area contributed by atoms with Gasteiger partial charge >= 0.3 is 0 Å². The van der Waals surface area contributed by atoms with E-state index in [1.165, 1.54) is 31.3 Å². The maximum Gasteiger partial charge on any atom is 0.0757 e. The lowest BCUT2D eigenvalue weighted by Crippen LogP contribution is -2.55. The molecule has 0 heterocycles. The van der Waals surface area contributed by atoms with E-state index in [4.69, 9.17) is 0 Å². The Bertz CT molecular complexity index is 701. The number of aliphatic hydroxyl groups is 3. The van der Waals surface area contributed by atoms with Gasteiger partial charge in [-0.2, -0.15) is 0 Å². The molecule has 11 atom stereocenters. The van der Waals surface area contributed by atoms with E-state index >= 15 is 0 Å². The van der Waals surface area contributed by atoms with Crippen LogP contribution in [0.5, 0.6) is 0 Å². The first kappa shape index (κ1) is 24.7. The Morgan fingerprint density at radius 1 is 1.00 bits per heavy atom. The highest BCUT2D eigenvalue weighted by molar-refractivity contribution is 5.28. The average molecular weight is 447 g/mol. The molecule has 3 fully saturated rings. The Kier molecular flexibility index (Phi) is 6.96. The third-order valence-electron chi connectivity index (χ3n) is 11.3. The Balaban J connectivity index is 1.56. The van der Waals surface area contributed by atoms with Gasteiger partial charge in [0.25, 0.3) is 0 Å².